The second kappa shape index (κ2) is 7.91. The maximum absolute atomic E-state index is 13.8. The number of amides is 1. The maximum Gasteiger partial charge on any atom is 0.291 e. The van der Waals surface area contributed by atoms with Crippen LogP contribution in [0.1, 0.15) is 44.4 Å². The van der Waals surface area contributed by atoms with Crippen molar-refractivity contribution in [1.29, 1.82) is 0 Å². The van der Waals surface area contributed by atoms with Gasteiger partial charge in [-0.3, -0.25) is 9.59 Å². The predicted octanol–water partition coefficient (Wildman–Crippen LogP) is 4.89. The molecule has 0 aliphatic carbocycles. The van der Waals surface area contributed by atoms with Crippen molar-refractivity contribution in [2.75, 3.05) is 13.9 Å². The summed E-state index contributed by atoms with van der Waals surface area (Å²) in [5.41, 5.74) is 4.18. The van der Waals surface area contributed by atoms with Crippen molar-refractivity contribution in [3.63, 3.8) is 0 Å². The first-order valence-electron chi connectivity index (χ1n) is 11.4. The molecule has 7 heteroatoms. The molecule has 0 saturated carbocycles. The summed E-state index contributed by atoms with van der Waals surface area (Å²) in [4.78, 5) is 29.2. The first kappa shape index (κ1) is 21.3. The number of ether oxygens (including phenoxy) is 3. The standard InChI is InChI=1S/C28H23NO6/c1-15-9-20-22(10-16(15)2)35-27-24(26(20)30)25(18-5-4-6-19(12-18)32-3)29(28(27)31)13-17-7-8-21-23(11-17)34-14-33-21/h4-12,25H,13-14H2,1-3H3. The number of rotatable bonds is 4. The van der Waals surface area contributed by atoms with Gasteiger partial charge in [-0.05, 0) is 72.5 Å². The monoisotopic (exact) mass is 469 g/mol. The Balaban J connectivity index is 1.54. The zero-order valence-corrected chi connectivity index (χ0v) is 19.6. The first-order chi connectivity index (χ1) is 16.9. The minimum absolute atomic E-state index is 0.0827. The molecule has 0 spiro atoms. The van der Waals surface area contributed by atoms with Crippen molar-refractivity contribution in [1.82, 2.24) is 4.90 Å². The second-order valence-electron chi connectivity index (χ2n) is 8.91. The Morgan fingerprint density at radius 3 is 2.60 bits per heavy atom. The first-order valence-corrected chi connectivity index (χ1v) is 11.4. The van der Waals surface area contributed by atoms with Gasteiger partial charge in [0.1, 0.15) is 11.3 Å². The van der Waals surface area contributed by atoms with Crippen LogP contribution in [0.4, 0.5) is 0 Å². The van der Waals surface area contributed by atoms with Gasteiger partial charge in [-0.1, -0.05) is 18.2 Å². The Morgan fingerprint density at radius 1 is 0.971 bits per heavy atom. The molecule has 176 valence electrons. The molecular weight excluding hydrogens is 446 g/mol. The fourth-order valence-corrected chi connectivity index (χ4v) is 4.83. The third-order valence-corrected chi connectivity index (χ3v) is 6.78. The van der Waals surface area contributed by atoms with Gasteiger partial charge in [-0.25, -0.2) is 0 Å². The quantitative estimate of drug-likeness (QED) is 0.423. The molecule has 2 aliphatic heterocycles. The van der Waals surface area contributed by atoms with E-state index in [9.17, 15) is 9.59 Å². The van der Waals surface area contributed by atoms with Gasteiger partial charge in [0.15, 0.2) is 16.9 Å². The fraction of sp³-hybridized carbons (Fsp3) is 0.214. The maximum atomic E-state index is 13.8. The van der Waals surface area contributed by atoms with E-state index in [0.717, 1.165) is 22.3 Å². The van der Waals surface area contributed by atoms with Crippen LogP contribution in [-0.4, -0.2) is 24.7 Å². The van der Waals surface area contributed by atoms with Crippen molar-refractivity contribution >= 4 is 16.9 Å². The summed E-state index contributed by atoms with van der Waals surface area (Å²) in [5, 5.41) is 0.470. The highest BCUT2D eigenvalue weighted by molar-refractivity contribution is 5.99. The smallest absolute Gasteiger partial charge is 0.291 e. The highest BCUT2D eigenvalue weighted by Crippen LogP contribution is 2.41. The van der Waals surface area contributed by atoms with Crippen LogP contribution in [0.25, 0.3) is 11.0 Å². The van der Waals surface area contributed by atoms with Crippen molar-refractivity contribution in [3.05, 3.63) is 98.4 Å². The normalized spacial score (nSPS) is 16.1. The van der Waals surface area contributed by atoms with Gasteiger partial charge in [0.05, 0.1) is 24.1 Å². The van der Waals surface area contributed by atoms with Crippen LogP contribution in [0.3, 0.4) is 0 Å². The van der Waals surface area contributed by atoms with Gasteiger partial charge in [0.25, 0.3) is 5.91 Å². The van der Waals surface area contributed by atoms with E-state index in [1.165, 1.54) is 0 Å². The van der Waals surface area contributed by atoms with Gasteiger partial charge >= 0.3 is 0 Å². The third-order valence-electron chi connectivity index (χ3n) is 6.78. The van der Waals surface area contributed by atoms with Crippen LogP contribution in [0.5, 0.6) is 17.2 Å². The number of methoxy groups -OCH3 is 1. The summed E-state index contributed by atoms with van der Waals surface area (Å²) in [5.74, 6) is 1.70. The zero-order chi connectivity index (χ0) is 24.3. The van der Waals surface area contributed by atoms with Crippen LogP contribution in [0.15, 0.2) is 63.8 Å². The van der Waals surface area contributed by atoms with Gasteiger partial charge < -0.3 is 23.5 Å². The van der Waals surface area contributed by atoms with Crippen LogP contribution in [0, 0.1) is 13.8 Å². The van der Waals surface area contributed by atoms with Gasteiger partial charge in [-0.2, -0.15) is 0 Å². The van der Waals surface area contributed by atoms with E-state index in [0.29, 0.717) is 33.8 Å². The molecule has 3 aromatic carbocycles. The molecular formula is C28H23NO6. The van der Waals surface area contributed by atoms with E-state index < -0.39 is 6.04 Å². The molecule has 0 fully saturated rings. The Labute approximate surface area is 201 Å². The van der Waals surface area contributed by atoms with Crippen molar-refractivity contribution in [2.24, 2.45) is 0 Å². The van der Waals surface area contributed by atoms with Crippen molar-refractivity contribution < 1.29 is 23.4 Å². The lowest BCUT2D eigenvalue weighted by molar-refractivity contribution is 0.0714. The Kier molecular flexibility index (Phi) is 4.81. The molecule has 4 aromatic rings. The molecule has 0 N–H and O–H groups in total. The summed E-state index contributed by atoms with van der Waals surface area (Å²) in [6, 6.07) is 16.0. The molecule has 2 aliphatic rings. The van der Waals surface area contributed by atoms with Gasteiger partial charge in [0.2, 0.25) is 12.6 Å². The topological polar surface area (TPSA) is 78.2 Å². The van der Waals surface area contributed by atoms with Crippen molar-refractivity contribution in [3.8, 4) is 17.2 Å². The third kappa shape index (κ3) is 3.34. The highest BCUT2D eigenvalue weighted by atomic mass is 16.7. The minimum Gasteiger partial charge on any atom is -0.497 e. The number of hydrogen-bond acceptors (Lipinski definition) is 6. The number of fused-ring (bicyclic) bond motifs is 3. The lowest BCUT2D eigenvalue weighted by atomic mass is 9.97. The molecule has 3 heterocycles. The zero-order valence-electron chi connectivity index (χ0n) is 19.6. The molecule has 1 amide bonds. The largest absolute Gasteiger partial charge is 0.497 e. The summed E-state index contributed by atoms with van der Waals surface area (Å²) in [6.07, 6.45) is 0. The molecule has 1 unspecified atom stereocenters. The molecule has 35 heavy (non-hydrogen) atoms. The predicted molar refractivity (Wildman–Crippen MR) is 129 cm³/mol. The van der Waals surface area contributed by atoms with E-state index in [1.807, 2.05) is 68.4 Å². The van der Waals surface area contributed by atoms with E-state index in [-0.39, 0.29) is 30.4 Å². The fourth-order valence-electron chi connectivity index (χ4n) is 4.83. The Bertz CT molecular complexity index is 1570. The van der Waals surface area contributed by atoms with E-state index in [2.05, 4.69) is 0 Å². The number of benzene rings is 3. The van der Waals surface area contributed by atoms with Crippen molar-refractivity contribution in [2.45, 2.75) is 26.4 Å². The number of aryl methyl sites for hydroxylation is 2. The number of carbonyl (C=O) groups excluding carboxylic acids is 1. The lowest BCUT2D eigenvalue weighted by Gasteiger charge is -2.25. The number of hydrogen-bond donors (Lipinski definition) is 0. The Morgan fingerprint density at radius 2 is 1.77 bits per heavy atom. The molecule has 0 bridgehead atoms. The molecule has 1 aromatic heterocycles. The SMILES string of the molecule is COc1cccc(C2c3c(oc4cc(C)c(C)cc4c3=O)C(=O)N2Cc2ccc3c(c2)OCO3)c1. The number of nitrogens with zero attached hydrogens (tertiary/aromatic N) is 1. The molecule has 1 atom stereocenters. The average Bonchev–Trinajstić information content (AvgIpc) is 3.43. The van der Waals surface area contributed by atoms with E-state index >= 15 is 0 Å². The molecule has 7 nitrogen and oxygen atoms in total. The summed E-state index contributed by atoms with van der Waals surface area (Å²) in [7, 11) is 1.59. The average molecular weight is 469 g/mol. The van der Waals surface area contributed by atoms with Crippen LogP contribution in [-0.2, 0) is 6.54 Å². The van der Waals surface area contributed by atoms with E-state index in [4.69, 9.17) is 18.6 Å². The Hall–Kier alpha value is -4.26. The minimum atomic E-state index is -0.625. The summed E-state index contributed by atoms with van der Waals surface area (Å²) in [6.45, 7) is 4.34. The van der Waals surface area contributed by atoms with Gasteiger partial charge in [-0.15, -0.1) is 0 Å². The van der Waals surface area contributed by atoms with Gasteiger partial charge in [0, 0.05) is 6.54 Å². The molecule has 0 radical (unpaired) electrons. The molecule has 0 saturated heterocycles. The van der Waals surface area contributed by atoms with Crippen LogP contribution >= 0.6 is 0 Å². The molecule has 6 rings (SSSR count). The highest BCUT2D eigenvalue weighted by Gasteiger charge is 2.43. The number of carbonyl (C=O) groups is 1. The lowest BCUT2D eigenvalue weighted by Crippen LogP contribution is -2.29. The van der Waals surface area contributed by atoms with Crippen LogP contribution < -0.4 is 19.6 Å². The van der Waals surface area contributed by atoms with E-state index in [1.54, 1.807) is 12.0 Å². The summed E-state index contributed by atoms with van der Waals surface area (Å²) >= 11 is 0. The van der Waals surface area contributed by atoms with Crippen LogP contribution in [0.2, 0.25) is 0 Å². The second-order valence-corrected chi connectivity index (χ2v) is 8.91. The summed E-state index contributed by atoms with van der Waals surface area (Å²) < 4.78 is 22.5.